The Morgan fingerprint density at radius 3 is 2.61 bits per heavy atom. The fraction of sp³-hybridized carbons (Fsp3) is 0.500. The number of allylic oxidation sites excluding steroid dienone is 2. The highest BCUT2D eigenvalue weighted by Crippen LogP contribution is 2.01. The minimum Gasteiger partial charge on any atom is -0.352 e. The van der Waals surface area contributed by atoms with Crippen LogP contribution in [0.2, 0.25) is 0 Å². The summed E-state index contributed by atoms with van der Waals surface area (Å²) in [5.41, 5.74) is 0.602. The Hall–Kier alpha value is -1.71. The van der Waals surface area contributed by atoms with Crippen LogP contribution < -0.4 is 5.32 Å². The van der Waals surface area contributed by atoms with E-state index in [1.807, 2.05) is 13.8 Å². The van der Waals surface area contributed by atoms with E-state index in [9.17, 15) is 9.59 Å². The average Bonchev–Trinajstić information content (AvgIpc) is 2.33. The number of carbonyl (C=O) groups is 2. The second kappa shape index (κ2) is 9.33. The summed E-state index contributed by atoms with van der Waals surface area (Å²) in [7, 11) is 0. The molecule has 18 heavy (non-hydrogen) atoms. The third-order valence-corrected chi connectivity index (χ3v) is 2.43. The molecule has 0 aromatic rings. The Labute approximate surface area is 109 Å². The molecule has 1 amide bonds. The molecule has 0 saturated carbocycles. The maximum atomic E-state index is 11.6. The second-order valence-corrected chi connectivity index (χ2v) is 4.35. The molecular formula is C14H22N2O2. The van der Waals surface area contributed by atoms with Crippen molar-refractivity contribution in [3.8, 4) is 0 Å². The van der Waals surface area contributed by atoms with E-state index in [2.05, 4.69) is 17.0 Å². The molecule has 4 heteroatoms. The van der Waals surface area contributed by atoms with E-state index in [0.29, 0.717) is 25.0 Å². The number of hydrogen-bond donors (Lipinski definition) is 1. The largest absolute Gasteiger partial charge is 0.352 e. The molecule has 0 saturated heterocycles. The molecule has 0 aliphatic rings. The van der Waals surface area contributed by atoms with Crippen molar-refractivity contribution in [3.63, 3.8) is 0 Å². The second-order valence-electron chi connectivity index (χ2n) is 4.35. The molecule has 4 nitrogen and oxygen atoms in total. The van der Waals surface area contributed by atoms with Gasteiger partial charge in [-0.2, -0.15) is 0 Å². The zero-order valence-corrected chi connectivity index (χ0v) is 11.4. The molecular weight excluding hydrogens is 228 g/mol. The molecule has 0 atom stereocenters. The van der Waals surface area contributed by atoms with Crippen LogP contribution in [0, 0.1) is 5.92 Å². The Morgan fingerprint density at radius 1 is 1.39 bits per heavy atom. The van der Waals surface area contributed by atoms with Crippen molar-refractivity contribution in [3.05, 3.63) is 23.9 Å². The van der Waals surface area contributed by atoms with Gasteiger partial charge in [-0.25, -0.2) is 0 Å². The van der Waals surface area contributed by atoms with Crippen molar-refractivity contribution in [1.29, 1.82) is 0 Å². The molecule has 0 aromatic heterocycles. The van der Waals surface area contributed by atoms with E-state index >= 15 is 0 Å². The normalized spacial score (nSPS) is 11.9. The van der Waals surface area contributed by atoms with Gasteiger partial charge in [-0.3, -0.25) is 14.6 Å². The quantitative estimate of drug-likeness (QED) is 0.311. The monoisotopic (exact) mass is 250 g/mol. The van der Waals surface area contributed by atoms with Crippen molar-refractivity contribution < 1.29 is 9.59 Å². The first-order valence-corrected chi connectivity index (χ1v) is 6.09. The minimum absolute atomic E-state index is 0.0684. The zero-order chi connectivity index (χ0) is 14.0. The van der Waals surface area contributed by atoms with Crippen LogP contribution >= 0.6 is 0 Å². The van der Waals surface area contributed by atoms with Crippen LogP contribution in [0.4, 0.5) is 0 Å². The maximum absolute atomic E-state index is 11.6. The third kappa shape index (κ3) is 7.54. The van der Waals surface area contributed by atoms with Crippen molar-refractivity contribution in [2.45, 2.75) is 33.6 Å². The van der Waals surface area contributed by atoms with E-state index in [0.717, 1.165) is 0 Å². The molecule has 1 N–H and O–H groups in total. The van der Waals surface area contributed by atoms with Gasteiger partial charge in [0, 0.05) is 30.7 Å². The number of ketones is 1. The summed E-state index contributed by atoms with van der Waals surface area (Å²) in [6, 6.07) is 0. The van der Waals surface area contributed by atoms with E-state index in [1.54, 1.807) is 19.1 Å². The zero-order valence-electron chi connectivity index (χ0n) is 11.4. The van der Waals surface area contributed by atoms with Crippen molar-refractivity contribution in [2.24, 2.45) is 10.9 Å². The number of Topliss-reactive ketones (excluding diaryl/α,β-unsaturated/α-hetero) is 1. The molecule has 0 fully saturated rings. The molecule has 0 aromatic carbocycles. The van der Waals surface area contributed by atoms with E-state index < -0.39 is 0 Å². The summed E-state index contributed by atoms with van der Waals surface area (Å²) in [4.78, 5) is 26.5. The molecule has 0 heterocycles. The number of aliphatic imine (C=N–C) groups is 1. The lowest BCUT2D eigenvalue weighted by atomic mass is 10.0. The predicted octanol–water partition coefficient (Wildman–Crippen LogP) is 2.27. The average molecular weight is 250 g/mol. The molecule has 0 spiro atoms. The number of carbonyl (C=O) groups excluding carboxylic acids is 2. The van der Waals surface area contributed by atoms with Gasteiger partial charge in [-0.15, -0.1) is 0 Å². The highest BCUT2D eigenvalue weighted by atomic mass is 16.1. The fourth-order valence-corrected chi connectivity index (χ4v) is 1.22. The van der Waals surface area contributed by atoms with Gasteiger partial charge in [0.2, 0.25) is 5.91 Å². The van der Waals surface area contributed by atoms with E-state index in [1.165, 1.54) is 6.20 Å². The van der Waals surface area contributed by atoms with Crippen LogP contribution in [0.5, 0.6) is 0 Å². The number of hydrogen-bond acceptors (Lipinski definition) is 3. The third-order valence-electron chi connectivity index (χ3n) is 2.43. The molecule has 0 rings (SSSR count). The van der Waals surface area contributed by atoms with Gasteiger partial charge in [0.25, 0.3) is 0 Å². The van der Waals surface area contributed by atoms with Gasteiger partial charge >= 0.3 is 0 Å². The lowest BCUT2D eigenvalue weighted by Crippen LogP contribution is -2.25. The lowest BCUT2D eigenvalue weighted by Gasteiger charge is -2.06. The summed E-state index contributed by atoms with van der Waals surface area (Å²) in [5, 5.41) is 2.76. The van der Waals surface area contributed by atoms with Crippen LogP contribution in [0.3, 0.4) is 0 Å². The van der Waals surface area contributed by atoms with E-state index in [-0.39, 0.29) is 17.6 Å². The van der Waals surface area contributed by atoms with Crippen LogP contribution in [-0.2, 0) is 9.59 Å². The summed E-state index contributed by atoms with van der Waals surface area (Å²) in [6.07, 6.45) is 6.03. The SMILES string of the molecule is C=N/C=C\C=C(/C)C(=O)NCCCC(=O)C(C)C. The molecule has 0 radical (unpaired) electrons. The molecule has 0 aliphatic carbocycles. The predicted molar refractivity (Wildman–Crippen MR) is 74.5 cm³/mol. The van der Waals surface area contributed by atoms with Gasteiger partial charge in [-0.1, -0.05) is 19.9 Å². The van der Waals surface area contributed by atoms with Crippen molar-refractivity contribution in [1.82, 2.24) is 5.32 Å². The lowest BCUT2D eigenvalue weighted by molar-refractivity contribution is -0.122. The van der Waals surface area contributed by atoms with Gasteiger partial charge in [0.05, 0.1) is 0 Å². The molecule has 0 aliphatic heterocycles. The summed E-state index contributed by atoms with van der Waals surface area (Å²) in [6.45, 7) is 9.30. The summed E-state index contributed by atoms with van der Waals surface area (Å²) >= 11 is 0. The Balaban J connectivity index is 3.90. The number of nitrogens with zero attached hydrogens (tertiary/aromatic N) is 1. The minimum atomic E-state index is -0.124. The molecule has 0 bridgehead atoms. The fourth-order valence-electron chi connectivity index (χ4n) is 1.22. The number of rotatable bonds is 8. The van der Waals surface area contributed by atoms with E-state index in [4.69, 9.17) is 0 Å². The smallest absolute Gasteiger partial charge is 0.246 e. The van der Waals surface area contributed by atoms with Crippen molar-refractivity contribution in [2.75, 3.05) is 6.54 Å². The van der Waals surface area contributed by atoms with Gasteiger partial charge < -0.3 is 5.32 Å². The van der Waals surface area contributed by atoms with Gasteiger partial charge in [0.15, 0.2) is 0 Å². The Kier molecular flexibility index (Phi) is 8.45. The van der Waals surface area contributed by atoms with Crippen molar-refractivity contribution >= 4 is 18.4 Å². The first kappa shape index (κ1) is 16.3. The topological polar surface area (TPSA) is 58.5 Å². The maximum Gasteiger partial charge on any atom is 0.246 e. The van der Waals surface area contributed by atoms with Crippen LogP contribution in [0.1, 0.15) is 33.6 Å². The first-order valence-electron chi connectivity index (χ1n) is 6.09. The molecule has 100 valence electrons. The van der Waals surface area contributed by atoms with Crippen LogP contribution in [0.15, 0.2) is 28.9 Å². The summed E-state index contributed by atoms with van der Waals surface area (Å²) in [5.74, 6) is 0.177. The van der Waals surface area contributed by atoms with Crippen LogP contribution in [0.25, 0.3) is 0 Å². The highest BCUT2D eigenvalue weighted by molar-refractivity contribution is 5.93. The number of nitrogens with one attached hydrogen (secondary N) is 1. The van der Waals surface area contributed by atoms with Gasteiger partial charge in [-0.05, 0) is 26.1 Å². The van der Waals surface area contributed by atoms with Crippen LogP contribution in [-0.4, -0.2) is 25.0 Å². The number of amides is 1. The highest BCUT2D eigenvalue weighted by Gasteiger charge is 2.07. The van der Waals surface area contributed by atoms with Gasteiger partial charge in [0.1, 0.15) is 5.78 Å². The molecule has 0 unspecified atom stereocenters. The first-order chi connectivity index (χ1) is 8.49. The Morgan fingerprint density at radius 2 is 2.06 bits per heavy atom. The standard InChI is InChI=1S/C14H22N2O2/c1-11(2)13(17)8-6-10-16-14(18)12(3)7-5-9-15-4/h5,7,9,11H,4,6,8,10H2,1-3H3,(H,16,18)/b9-5-,12-7+. The summed E-state index contributed by atoms with van der Waals surface area (Å²) < 4.78 is 0. The Bertz CT molecular complexity index is 355.